The first kappa shape index (κ1) is 13.9. The number of anilines is 1. The summed E-state index contributed by atoms with van der Waals surface area (Å²) in [4.78, 5) is 11.1. The fourth-order valence-corrected chi connectivity index (χ4v) is 2.49. The minimum atomic E-state index is -3.89. The summed E-state index contributed by atoms with van der Waals surface area (Å²) in [5, 5.41) is 15.0. The molecule has 0 spiro atoms. The number of aromatic carboxylic acids is 1. The molecule has 1 aromatic heterocycles. The average molecular weight is 297 g/mol. The number of sulfonamides is 1. The van der Waals surface area contributed by atoms with Gasteiger partial charge in [0.15, 0.2) is 0 Å². The standard InChI is InChI=1S/C11H11N3O5S/c1-19-7-2-3-10(9(4-7)11(15)16)14-20(17,18)8-5-12-13-6-8/h2-6,14H,1H3,(H,12,13)(H,15,16). The molecule has 0 aliphatic rings. The van der Waals surface area contributed by atoms with Crippen molar-refractivity contribution in [2.45, 2.75) is 4.90 Å². The van der Waals surface area contributed by atoms with Gasteiger partial charge in [-0.1, -0.05) is 0 Å². The summed E-state index contributed by atoms with van der Waals surface area (Å²) in [6.45, 7) is 0. The number of carbonyl (C=O) groups is 1. The van der Waals surface area contributed by atoms with Gasteiger partial charge in [-0.25, -0.2) is 13.2 Å². The molecule has 0 saturated heterocycles. The first-order valence-electron chi connectivity index (χ1n) is 5.37. The Balaban J connectivity index is 2.41. The molecule has 0 radical (unpaired) electrons. The Kier molecular flexibility index (Phi) is 3.61. The van der Waals surface area contributed by atoms with Crippen LogP contribution >= 0.6 is 0 Å². The maximum Gasteiger partial charge on any atom is 0.337 e. The molecule has 3 N–H and O–H groups in total. The Hall–Kier alpha value is -2.55. The molecule has 0 saturated carbocycles. The molecule has 20 heavy (non-hydrogen) atoms. The van der Waals surface area contributed by atoms with Crippen molar-refractivity contribution < 1.29 is 23.1 Å². The lowest BCUT2D eigenvalue weighted by molar-refractivity contribution is 0.0697. The molecule has 0 atom stereocenters. The third-order valence-corrected chi connectivity index (χ3v) is 3.82. The monoisotopic (exact) mass is 297 g/mol. The Morgan fingerprint density at radius 3 is 2.75 bits per heavy atom. The third-order valence-electron chi connectivity index (χ3n) is 2.48. The van der Waals surface area contributed by atoms with E-state index in [1.165, 1.54) is 31.5 Å². The maximum atomic E-state index is 12.0. The van der Waals surface area contributed by atoms with Crippen LogP contribution in [0.4, 0.5) is 5.69 Å². The van der Waals surface area contributed by atoms with Gasteiger partial charge in [0.05, 0.1) is 24.6 Å². The number of hydrogen-bond acceptors (Lipinski definition) is 5. The molecule has 1 aromatic carbocycles. The summed E-state index contributed by atoms with van der Waals surface area (Å²) < 4.78 is 31.1. The van der Waals surface area contributed by atoms with Gasteiger partial charge in [0, 0.05) is 6.20 Å². The smallest absolute Gasteiger partial charge is 0.337 e. The fraction of sp³-hybridized carbons (Fsp3) is 0.0909. The summed E-state index contributed by atoms with van der Waals surface area (Å²) in [5.74, 6) is -0.956. The number of nitrogens with zero attached hydrogens (tertiary/aromatic N) is 1. The number of carboxylic acids is 1. The number of benzene rings is 1. The van der Waals surface area contributed by atoms with E-state index in [4.69, 9.17) is 9.84 Å². The second kappa shape index (κ2) is 5.21. The lowest BCUT2D eigenvalue weighted by Gasteiger charge is -2.10. The van der Waals surface area contributed by atoms with Crippen LogP contribution in [0.3, 0.4) is 0 Å². The number of nitrogens with one attached hydrogen (secondary N) is 2. The van der Waals surface area contributed by atoms with Crippen LogP contribution in [0.25, 0.3) is 0 Å². The Morgan fingerprint density at radius 2 is 2.20 bits per heavy atom. The Morgan fingerprint density at radius 1 is 1.45 bits per heavy atom. The Labute approximate surface area is 114 Å². The van der Waals surface area contributed by atoms with Crippen LogP contribution in [0, 0.1) is 0 Å². The van der Waals surface area contributed by atoms with Gasteiger partial charge in [-0.05, 0) is 18.2 Å². The van der Waals surface area contributed by atoms with E-state index in [0.29, 0.717) is 5.75 Å². The van der Waals surface area contributed by atoms with Gasteiger partial charge in [-0.2, -0.15) is 5.10 Å². The van der Waals surface area contributed by atoms with Crippen LogP contribution in [0.15, 0.2) is 35.5 Å². The normalized spacial score (nSPS) is 11.1. The van der Waals surface area contributed by atoms with E-state index < -0.39 is 16.0 Å². The molecule has 1 heterocycles. The fourth-order valence-electron chi connectivity index (χ4n) is 1.51. The van der Waals surface area contributed by atoms with Crippen LogP contribution in [0.2, 0.25) is 0 Å². The van der Waals surface area contributed by atoms with Crippen molar-refractivity contribution in [2.75, 3.05) is 11.8 Å². The minimum Gasteiger partial charge on any atom is -0.497 e. The van der Waals surface area contributed by atoms with E-state index >= 15 is 0 Å². The summed E-state index contributed by atoms with van der Waals surface area (Å²) in [6, 6.07) is 4.01. The summed E-state index contributed by atoms with van der Waals surface area (Å²) in [7, 11) is -2.51. The zero-order valence-electron chi connectivity index (χ0n) is 10.3. The van der Waals surface area contributed by atoms with Crippen molar-refractivity contribution in [3.8, 4) is 5.75 Å². The highest BCUT2D eigenvalue weighted by Gasteiger charge is 2.19. The van der Waals surface area contributed by atoms with Crippen molar-refractivity contribution in [2.24, 2.45) is 0 Å². The topological polar surface area (TPSA) is 121 Å². The number of ether oxygens (including phenoxy) is 1. The van der Waals surface area contributed by atoms with Crippen LogP contribution in [-0.2, 0) is 10.0 Å². The summed E-state index contributed by atoms with van der Waals surface area (Å²) in [6.07, 6.45) is 2.30. The molecule has 9 heteroatoms. The van der Waals surface area contributed by atoms with Crippen molar-refractivity contribution in [1.29, 1.82) is 0 Å². The van der Waals surface area contributed by atoms with Crippen molar-refractivity contribution in [1.82, 2.24) is 10.2 Å². The largest absolute Gasteiger partial charge is 0.497 e. The number of carboxylic acid groups (broad SMARTS) is 1. The lowest BCUT2D eigenvalue weighted by atomic mass is 10.2. The molecule has 0 aliphatic heterocycles. The number of rotatable bonds is 5. The van der Waals surface area contributed by atoms with Crippen LogP contribution in [-0.4, -0.2) is 36.8 Å². The number of aromatic nitrogens is 2. The van der Waals surface area contributed by atoms with E-state index in [9.17, 15) is 13.2 Å². The quantitative estimate of drug-likeness (QED) is 0.754. The molecule has 2 aromatic rings. The third kappa shape index (κ3) is 2.72. The van der Waals surface area contributed by atoms with Gasteiger partial charge in [-0.15, -0.1) is 0 Å². The molecular weight excluding hydrogens is 286 g/mol. The van der Waals surface area contributed by atoms with E-state index in [0.717, 1.165) is 6.20 Å². The van der Waals surface area contributed by atoms with E-state index in [1.54, 1.807) is 0 Å². The molecule has 0 amide bonds. The Bertz CT molecular complexity index is 725. The van der Waals surface area contributed by atoms with E-state index in [2.05, 4.69) is 14.9 Å². The molecule has 2 rings (SSSR count). The number of hydrogen-bond donors (Lipinski definition) is 3. The first-order valence-corrected chi connectivity index (χ1v) is 6.85. The molecule has 0 bridgehead atoms. The second-order valence-corrected chi connectivity index (χ2v) is 5.44. The van der Waals surface area contributed by atoms with Crippen LogP contribution in [0.5, 0.6) is 5.75 Å². The zero-order valence-corrected chi connectivity index (χ0v) is 11.1. The number of H-pyrrole nitrogens is 1. The maximum absolute atomic E-state index is 12.0. The van der Waals surface area contributed by atoms with E-state index in [1.807, 2.05) is 0 Å². The number of aromatic amines is 1. The molecule has 0 fully saturated rings. The lowest BCUT2D eigenvalue weighted by Crippen LogP contribution is -2.15. The highest BCUT2D eigenvalue weighted by molar-refractivity contribution is 7.92. The second-order valence-electron chi connectivity index (χ2n) is 3.76. The van der Waals surface area contributed by atoms with Gasteiger partial charge in [0.1, 0.15) is 10.6 Å². The molecule has 8 nitrogen and oxygen atoms in total. The molecule has 106 valence electrons. The molecular formula is C11H11N3O5S. The summed E-state index contributed by atoms with van der Waals surface area (Å²) >= 11 is 0. The van der Waals surface area contributed by atoms with Crippen LogP contribution < -0.4 is 9.46 Å². The molecule has 0 unspecified atom stereocenters. The highest BCUT2D eigenvalue weighted by Crippen LogP contribution is 2.24. The van der Waals surface area contributed by atoms with Gasteiger partial charge >= 0.3 is 5.97 Å². The highest BCUT2D eigenvalue weighted by atomic mass is 32.2. The van der Waals surface area contributed by atoms with Gasteiger partial charge in [0.2, 0.25) is 0 Å². The van der Waals surface area contributed by atoms with Gasteiger partial charge < -0.3 is 9.84 Å². The minimum absolute atomic E-state index is 0.0560. The van der Waals surface area contributed by atoms with Crippen LogP contribution in [0.1, 0.15) is 10.4 Å². The number of methoxy groups -OCH3 is 1. The summed E-state index contributed by atoms with van der Waals surface area (Å²) in [5.41, 5.74) is -0.268. The van der Waals surface area contributed by atoms with Gasteiger partial charge in [-0.3, -0.25) is 9.82 Å². The predicted octanol–water partition coefficient (Wildman–Crippen LogP) is 0.917. The van der Waals surface area contributed by atoms with E-state index in [-0.39, 0.29) is 16.1 Å². The predicted molar refractivity (Wildman–Crippen MR) is 69.3 cm³/mol. The van der Waals surface area contributed by atoms with Crippen molar-refractivity contribution >= 4 is 21.7 Å². The van der Waals surface area contributed by atoms with Crippen molar-refractivity contribution in [3.05, 3.63) is 36.2 Å². The first-order chi connectivity index (χ1) is 9.44. The van der Waals surface area contributed by atoms with Gasteiger partial charge in [0.25, 0.3) is 10.0 Å². The van der Waals surface area contributed by atoms with Crippen molar-refractivity contribution in [3.63, 3.8) is 0 Å². The molecule has 0 aliphatic carbocycles. The average Bonchev–Trinajstić information content (AvgIpc) is 2.93. The zero-order chi connectivity index (χ0) is 14.8. The SMILES string of the molecule is COc1ccc(NS(=O)(=O)c2cn[nH]c2)c(C(=O)O)c1.